The van der Waals surface area contributed by atoms with Crippen molar-refractivity contribution in [2.24, 2.45) is 5.92 Å². The number of aliphatic hydroxyl groups excluding tert-OH is 1. The Hall–Kier alpha value is -1.39. The number of benzene rings is 1. The highest BCUT2D eigenvalue weighted by Crippen LogP contribution is 2.22. The minimum absolute atomic E-state index is 0.126. The molecule has 20 heavy (non-hydrogen) atoms. The molecule has 1 heterocycles. The molecule has 1 fully saturated rings. The van der Waals surface area contributed by atoms with Crippen molar-refractivity contribution in [3.05, 3.63) is 29.8 Å². The van der Waals surface area contributed by atoms with Gasteiger partial charge in [-0.15, -0.1) is 0 Å². The Morgan fingerprint density at radius 3 is 3.00 bits per heavy atom. The van der Waals surface area contributed by atoms with Crippen LogP contribution in [0.1, 0.15) is 31.4 Å². The summed E-state index contributed by atoms with van der Waals surface area (Å²) in [4.78, 5) is 13.9. The molecule has 1 N–H and O–H groups in total. The van der Waals surface area contributed by atoms with Crippen LogP contribution in [0.25, 0.3) is 0 Å². The standard InChI is InChI=1S/C16H23NO3/c1-3-12-10-17(8-7-15(12)18)11-16(19)13-5-4-6-14(9-13)20-2/h4-6,9,12,16,19H,3,7-8,10-11H2,1-2H3. The zero-order valence-corrected chi connectivity index (χ0v) is 12.2. The quantitative estimate of drug-likeness (QED) is 0.894. The minimum Gasteiger partial charge on any atom is -0.497 e. The van der Waals surface area contributed by atoms with Crippen molar-refractivity contribution >= 4 is 5.78 Å². The van der Waals surface area contributed by atoms with Crippen LogP contribution in [0.2, 0.25) is 0 Å². The molecule has 1 aromatic rings. The lowest BCUT2D eigenvalue weighted by atomic mass is 9.93. The van der Waals surface area contributed by atoms with Crippen LogP contribution in [0.4, 0.5) is 0 Å². The average molecular weight is 277 g/mol. The van der Waals surface area contributed by atoms with Crippen LogP contribution < -0.4 is 4.74 Å². The number of hydrogen-bond acceptors (Lipinski definition) is 4. The minimum atomic E-state index is -0.546. The molecule has 1 aliphatic heterocycles. The van der Waals surface area contributed by atoms with Gasteiger partial charge in [0.15, 0.2) is 0 Å². The lowest BCUT2D eigenvalue weighted by molar-refractivity contribution is -0.126. The maximum absolute atomic E-state index is 11.7. The van der Waals surface area contributed by atoms with Gasteiger partial charge in [0.1, 0.15) is 11.5 Å². The third-order valence-electron chi connectivity index (χ3n) is 4.01. The van der Waals surface area contributed by atoms with E-state index in [-0.39, 0.29) is 5.92 Å². The Labute approximate surface area is 120 Å². The van der Waals surface area contributed by atoms with Gasteiger partial charge in [-0.1, -0.05) is 19.1 Å². The maximum atomic E-state index is 11.7. The second kappa shape index (κ2) is 6.86. The Bertz CT molecular complexity index is 461. The smallest absolute Gasteiger partial charge is 0.138 e. The predicted molar refractivity (Wildman–Crippen MR) is 77.8 cm³/mol. The number of methoxy groups -OCH3 is 1. The van der Waals surface area contributed by atoms with E-state index in [4.69, 9.17) is 4.74 Å². The molecule has 1 aliphatic rings. The lowest BCUT2D eigenvalue weighted by Crippen LogP contribution is -2.42. The van der Waals surface area contributed by atoms with Gasteiger partial charge in [-0.2, -0.15) is 0 Å². The van der Waals surface area contributed by atoms with Gasteiger partial charge in [0.05, 0.1) is 13.2 Å². The first-order chi connectivity index (χ1) is 9.63. The number of likely N-dealkylation sites (tertiary alicyclic amines) is 1. The maximum Gasteiger partial charge on any atom is 0.138 e. The molecule has 0 radical (unpaired) electrons. The number of carbonyl (C=O) groups is 1. The highest BCUT2D eigenvalue weighted by atomic mass is 16.5. The second-order valence-electron chi connectivity index (χ2n) is 5.37. The van der Waals surface area contributed by atoms with Gasteiger partial charge in [0.2, 0.25) is 0 Å². The van der Waals surface area contributed by atoms with Crippen LogP contribution >= 0.6 is 0 Å². The molecular weight excluding hydrogens is 254 g/mol. The Balaban J connectivity index is 1.97. The van der Waals surface area contributed by atoms with Gasteiger partial charge in [0, 0.05) is 32.0 Å². The van der Waals surface area contributed by atoms with Gasteiger partial charge in [0.25, 0.3) is 0 Å². The Kier molecular flexibility index (Phi) is 5.15. The van der Waals surface area contributed by atoms with Crippen molar-refractivity contribution in [1.82, 2.24) is 4.90 Å². The van der Waals surface area contributed by atoms with Crippen LogP contribution in [-0.2, 0) is 4.79 Å². The molecule has 0 amide bonds. The number of rotatable bonds is 5. The van der Waals surface area contributed by atoms with Crippen LogP contribution in [-0.4, -0.2) is 42.5 Å². The summed E-state index contributed by atoms with van der Waals surface area (Å²) in [7, 11) is 1.62. The van der Waals surface area contributed by atoms with Crippen molar-refractivity contribution in [3.8, 4) is 5.75 Å². The summed E-state index contributed by atoms with van der Waals surface area (Å²) >= 11 is 0. The molecule has 0 aromatic heterocycles. The zero-order chi connectivity index (χ0) is 14.5. The van der Waals surface area contributed by atoms with E-state index in [1.807, 2.05) is 31.2 Å². The molecule has 2 rings (SSSR count). The first-order valence-corrected chi connectivity index (χ1v) is 7.21. The van der Waals surface area contributed by atoms with E-state index in [1.165, 1.54) is 0 Å². The van der Waals surface area contributed by atoms with E-state index in [0.29, 0.717) is 18.7 Å². The van der Waals surface area contributed by atoms with Crippen molar-refractivity contribution in [2.45, 2.75) is 25.9 Å². The molecule has 4 nitrogen and oxygen atoms in total. The van der Waals surface area contributed by atoms with Crippen LogP contribution in [0.15, 0.2) is 24.3 Å². The fraction of sp³-hybridized carbons (Fsp3) is 0.562. The molecule has 0 aliphatic carbocycles. The third kappa shape index (κ3) is 3.58. The Morgan fingerprint density at radius 2 is 2.30 bits per heavy atom. The number of aliphatic hydroxyl groups is 1. The number of Topliss-reactive ketones (excluding diaryl/α,β-unsaturated/α-hetero) is 1. The van der Waals surface area contributed by atoms with Crippen molar-refractivity contribution in [2.75, 3.05) is 26.7 Å². The molecule has 1 saturated heterocycles. The Morgan fingerprint density at radius 1 is 1.50 bits per heavy atom. The molecule has 110 valence electrons. The van der Waals surface area contributed by atoms with Gasteiger partial charge in [-0.05, 0) is 24.1 Å². The molecule has 4 heteroatoms. The van der Waals surface area contributed by atoms with Gasteiger partial charge in [-0.3, -0.25) is 9.69 Å². The van der Waals surface area contributed by atoms with E-state index >= 15 is 0 Å². The molecule has 0 saturated carbocycles. The number of carbonyl (C=O) groups excluding carboxylic acids is 1. The molecule has 0 bridgehead atoms. The summed E-state index contributed by atoms with van der Waals surface area (Å²) in [5, 5.41) is 10.3. The summed E-state index contributed by atoms with van der Waals surface area (Å²) in [5.74, 6) is 1.24. The number of piperidine rings is 1. The van der Waals surface area contributed by atoms with Crippen molar-refractivity contribution in [1.29, 1.82) is 0 Å². The molecule has 0 spiro atoms. The molecule has 2 atom stereocenters. The van der Waals surface area contributed by atoms with Crippen LogP contribution in [0, 0.1) is 5.92 Å². The summed E-state index contributed by atoms with van der Waals surface area (Å²) in [6, 6.07) is 7.51. The number of ketones is 1. The van der Waals surface area contributed by atoms with Crippen molar-refractivity contribution < 1.29 is 14.6 Å². The third-order valence-corrected chi connectivity index (χ3v) is 4.01. The highest BCUT2D eigenvalue weighted by Gasteiger charge is 2.27. The van der Waals surface area contributed by atoms with E-state index in [1.54, 1.807) is 7.11 Å². The number of ether oxygens (including phenoxy) is 1. The number of nitrogens with zero attached hydrogens (tertiary/aromatic N) is 1. The SMILES string of the molecule is CCC1CN(CC(O)c2cccc(OC)c2)CCC1=O. The van der Waals surface area contributed by atoms with Crippen LogP contribution in [0.5, 0.6) is 5.75 Å². The lowest BCUT2D eigenvalue weighted by Gasteiger charge is -2.32. The second-order valence-corrected chi connectivity index (χ2v) is 5.37. The first kappa shape index (κ1) is 15.0. The first-order valence-electron chi connectivity index (χ1n) is 7.21. The van der Waals surface area contributed by atoms with E-state index in [0.717, 1.165) is 30.8 Å². The fourth-order valence-electron chi connectivity index (χ4n) is 2.70. The van der Waals surface area contributed by atoms with E-state index < -0.39 is 6.10 Å². The van der Waals surface area contributed by atoms with Gasteiger partial charge in [-0.25, -0.2) is 0 Å². The predicted octanol–water partition coefficient (Wildman–Crippen LogP) is 2.03. The molecular formula is C16H23NO3. The highest BCUT2D eigenvalue weighted by molar-refractivity contribution is 5.82. The normalized spacial score (nSPS) is 21.8. The van der Waals surface area contributed by atoms with Gasteiger partial charge >= 0.3 is 0 Å². The summed E-state index contributed by atoms with van der Waals surface area (Å²) in [6.45, 7) is 4.12. The molecule has 1 aromatic carbocycles. The summed E-state index contributed by atoms with van der Waals surface area (Å²) < 4.78 is 5.17. The summed E-state index contributed by atoms with van der Waals surface area (Å²) in [6.07, 6.45) is 0.935. The van der Waals surface area contributed by atoms with Crippen LogP contribution in [0.3, 0.4) is 0 Å². The number of hydrogen-bond donors (Lipinski definition) is 1. The number of β-amino-alcohol motifs (C(OH)–C–C–N with tert-alkyl or cyclic N) is 1. The van der Waals surface area contributed by atoms with Gasteiger partial charge < -0.3 is 9.84 Å². The average Bonchev–Trinajstić information content (AvgIpc) is 2.49. The topological polar surface area (TPSA) is 49.8 Å². The largest absolute Gasteiger partial charge is 0.497 e. The summed E-state index contributed by atoms with van der Waals surface area (Å²) in [5.41, 5.74) is 0.856. The monoisotopic (exact) mass is 277 g/mol. The fourth-order valence-corrected chi connectivity index (χ4v) is 2.70. The van der Waals surface area contributed by atoms with E-state index in [2.05, 4.69) is 4.90 Å². The molecule has 2 unspecified atom stereocenters. The zero-order valence-electron chi connectivity index (χ0n) is 12.2. The van der Waals surface area contributed by atoms with E-state index in [9.17, 15) is 9.90 Å². The van der Waals surface area contributed by atoms with Crippen molar-refractivity contribution in [3.63, 3.8) is 0 Å².